The molecule has 1 unspecified atom stereocenters. The third-order valence-corrected chi connectivity index (χ3v) is 6.65. The van der Waals surface area contributed by atoms with Crippen molar-refractivity contribution in [2.75, 3.05) is 33.3 Å². The lowest BCUT2D eigenvalue weighted by atomic mass is 9.92. The van der Waals surface area contributed by atoms with E-state index in [-0.39, 0.29) is 11.8 Å². The van der Waals surface area contributed by atoms with E-state index in [0.29, 0.717) is 19.5 Å². The van der Waals surface area contributed by atoms with E-state index in [9.17, 15) is 9.90 Å². The SMILES string of the molecule is COc1ccc(CN2CCC(C(=O)N3CCC(O)(c4ccc(C)cc4)C3)CC2)cc1. The van der Waals surface area contributed by atoms with Gasteiger partial charge in [0.05, 0.1) is 13.7 Å². The van der Waals surface area contributed by atoms with Crippen molar-refractivity contribution >= 4 is 5.91 Å². The minimum Gasteiger partial charge on any atom is -0.497 e. The number of ether oxygens (including phenoxy) is 1. The van der Waals surface area contributed by atoms with Gasteiger partial charge in [-0.15, -0.1) is 0 Å². The van der Waals surface area contributed by atoms with Crippen LogP contribution >= 0.6 is 0 Å². The highest BCUT2D eigenvalue weighted by Gasteiger charge is 2.41. The molecule has 5 heteroatoms. The summed E-state index contributed by atoms with van der Waals surface area (Å²) in [6, 6.07) is 16.2. The minimum atomic E-state index is -0.918. The first-order valence-electron chi connectivity index (χ1n) is 10.9. The predicted octanol–water partition coefficient (Wildman–Crippen LogP) is 3.34. The Hall–Kier alpha value is -2.37. The van der Waals surface area contributed by atoms with Crippen LogP contribution < -0.4 is 4.74 Å². The number of likely N-dealkylation sites (tertiary alicyclic amines) is 2. The van der Waals surface area contributed by atoms with Crippen LogP contribution in [0.3, 0.4) is 0 Å². The summed E-state index contributed by atoms with van der Waals surface area (Å²) < 4.78 is 5.22. The molecule has 30 heavy (non-hydrogen) atoms. The number of benzene rings is 2. The van der Waals surface area contributed by atoms with Crippen molar-refractivity contribution in [3.63, 3.8) is 0 Å². The molecule has 2 aliphatic rings. The van der Waals surface area contributed by atoms with Crippen LogP contribution in [0.25, 0.3) is 0 Å². The van der Waals surface area contributed by atoms with Crippen molar-refractivity contribution in [1.29, 1.82) is 0 Å². The van der Waals surface area contributed by atoms with E-state index in [0.717, 1.165) is 43.8 Å². The molecule has 4 rings (SSSR count). The third kappa shape index (κ3) is 4.52. The summed E-state index contributed by atoms with van der Waals surface area (Å²) in [6.07, 6.45) is 2.38. The highest BCUT2D eigenvalue weighted by Crippen LogP contribution is 2.34. The second kappa shape index (κ2) is 8.78. The lowest BCUT2D eigenvalue weighted by molar-refractivity contribution is -0.137. The Morgan fingerprint density at radius 1 is 1.07 bits per heavy atom. The van der Waals surface area contributed by atoms with E-state index >= 15 is 0 Å². The first-order valence-corrected chi connectivity index (χ1v) is 10.9. The fraction of sp³-hybridized carbons (Fsp3) is 0.480. The molecule has 2 saturated heterocycles. The van der Waals surface area contributed by atoms with Crippen molar-refractivity contribution in [2.24, 2.45) is 5.92 Å². The second-order valence-electron chi connectivity index (χ2n) is 8.81. The maximum atomic E-state index is 13.1. The number of piperidine rings is 1. The molecule has 0 saturated carbocycles. The maximum Gasteiger partial charge on any atom is 0.225 e. The Labute approximate surface area is 179 Å². The molecule has 160 valence electrons. The number of methoxy groups -OCH3 is 1. The van der Waals surface area contributed by atoms with Gasteiger partial charge in [-0.3, -0.25) is 9.69 Å². The van der Waals surface area contributed by atoms with Gasteiger partial charge in [0.15, 0.2) is 0 Å². The summed E-state index contributed by atoms with van der Waals surface area (Å²) >= 11 is 0. The summed E-state index contributed by atoms with van der Waals surface area (Å²) in [5, 5.41) is 11.1. The first kappa shape index (κ1) is 20.9. The zero-order valence-electron chi connectivity index (χ0n) is 18.0. The van der Waals surface area contributed by atoms with Crippen LogP contribution in [0.15, 0.2) is 48.5 Å². The van der Waals surface area contributed by atoms with Gasteiger partial charge in [0.25, 0.3) is 0 Å². The fourth-order valence-corrected chi connectivity index (χ4v) is 4.67. The van der Waals surface area contributed by atoms with E-state index in [4.69, 9.17) is 4.74 Å². The minimum absolute atomic E-state index is 0.0671. The summed E-state index contributed by atoms with van der Waals surface area (Å²) in [7, 11) is 1.68. The van der Waals surface area contributed by atoms with Crippen molar-refractivity contribution in [3.8, 4) is 5.75 Å². The van der Waals surface area contributed by atoms with Crippen LogP contribution in [0.5, 0.6) is 5.75 Å². The Balaban J connectivity index is 1.29. The summed E-state index contributed by atoms with van der Waals surface area (Å²) in [4.78, 5) is 17.4. The molecule has 2 fully saturated rings. The zero-order chi connectivity index (χ0) is 21.1. The van der Waals surface area contributed by atoms with Gasteiger partial charge in [-0.05, 0) is 62.5 Å². The van der Waals surface area contributed by atoms with E-state index in [1.807, 2.05) is 48.2 Å². The number of aliphatic hydroxyl groups is 1. The standard InChI is InChI=1S/C25H32N2O3/c1-19-3-7-22(8-4-19)25(29)13-16-27(18-25)24(28)21-11-14-26(15-12-21)17-20-5-9-23(30-2)10-6-20/h3-10,21,29H,11-18H2,1-2H3. The molecule has 1 amide bonds. The Morgan fingerprint density at radius 3 is 2.37 bits per heavy atom. The average molecular weight is 409 g/mol. The second-order valence-corrected chi connectivity index (χ2v) is 8.81. The van der Waals surface area contributed by atoms with E-state index in [1.54, 1.807) is 7.11 Å². The van der Waals surface area contributed by atoms with Gasteiger partial charge in [0.1, 0.15) is 11.4 Å². The molecule has 1 N–H and O–H groups in total. The van der Waals surface area contributed by atoms with Crippen LogP contribution in [0.2, 0.25) is 0 Å². The molecule has 0 spiro atoms. The number of hydrogen-bond donors (Lipinski definition) is 1. The maximum absolute atomic E-state index is 13.1. The normalized spacial score (nSPS) is 23.0. The number of carbonyl (C=O) groups is 1. The summed E-state index contributed by atoms with van der Waals surface area (Å²) in [6.45, 7) is 5.84. The smallest absolute Gasteiger partial charge is 0.225 e. The highest BCUT2D eigenvalue weighted by molar-refractivity contribution is 5.79. The number of carbonyl (C=O) groups excluding carboxylic acids is 1. The largest absolute Gasteiger partial charge is 0.497 e. The lowest BCUT2D eigenvalue weighted by Crippen LogP contribution is -2.42. The molecule has 0 bridgehead atoms. The molecule has 0 radical (unpaired) electrons. The molecular formula is C25H32N2O3. The third-order valence-electron chi connectivity index (χ3n) is 6.65. The fourth-order valence-electron chi connectivity index (χ4n) is 4.67. The molecule has 0 aliphatic carbocycles. The van der Waals surface area contributed by atoms with E-state index in [2.05, 4.69) is 17.0 Å². The van der Waals surface area contributed by atoms with E-state index < -0.39 is 5.60 Å². The van der Waals surface area contributed by atoms with E-state index in [1.165, 1.54) is 11.1 Å². The van der Waals surface area contributed by atoms with Crippen LogP contribution in [-0.2, 0) is 16.9 Å². The monoisotopic (exact) mass is 408 g/mol. The van der Waals surface area contributed by atoms with Gasteiger partial charge in [-0.1, -0.05) is 42.0 Å². The van der Waals surface area contributed by atoms with Gasteiger partial charge in [0, 0.05) is 19.0 Å². The van der Waals surface area contributed by atoms with Gasteiger partial charge in [-0.25, -0.2) is 0 Å². The van der Waals surface area contributed by atoms with Crippen molar-refractivity contribution in [3.05, 3.63) is 65.2 Å². The van der Waals surface area contributed by atoms with Crippen molar-refractivity contribution in [2.45, 2.75) is 38.3 Å². The molecular weight excluding hydrogens is 376 g/mol. The zero-order valence-corrected chi connectivity index (χ0v) is 18.0. The number of β-amino-alcohol motifs (C(OH)–C–C–N with tert-alkyl or cyclic N) is 1. The topological polar surface area (TPSA) is 53.0 Å². The van der Waals surface area contributed by atoms with Gasteiger partial charge in [-0.2, -0.15) is 0 Å². The highest BCUT2D eigenvalue weighted by atomic mass is 16.5. The van der Waals surface area contributed by atoms with Crippen LogP contribution in [-0.4, -0.2) is 54.1 Å². The summed E-state index contributed by atoms with van der Waals surface area (Å²) in [5.74, 6) is 1.15. The van der Waals surface area contributed by atoms with Crippen LogP contribution in [0.1, 0.15) is 36.0 Å². The molecule has 5 nitrogen and oxygen atoms in total. The summed E-state index contributed by atoms with van der Waals surface area (Å²) in [5.41, 5.74) is 2.44. The number of nitrogens with zero attached hydrogens (tertiary/aromatic N) is 2. The number of aryl methyl sites for hydroxylation is 1. The first-order chi connectivity index (χ1) is 14.5. The van der Waals surface area contributed by atoms with Gasteiger partial charge >= 0.3 is 0 Å². The van der Waals surface area contributed by atoms with Gasteiger partial charge < -0.3 is 14.7 Å². The predicted molar refractivity (Wildman–Crippen MR) is 117 cm³/mol. The van der Waals surface area contributed by atoms with Crippen molar-refractivity contribution < 1.29 is 14.6 Å². The Bertz CT molecular complexity index is 857. The molecule has 2 aliphatic heterocycles. The molecule has 2 aromatic carbocycles. The molecule has 0 aromatic heterocycles. The lowest BCUT2D eigenvalue weighted by Gasteiger charge is -2.33. The van der Waals surface area contributed by atoms with Crippen LogP contribution in [0.4, 0.5) is 0 Å². The number of amides is 1. The quantitative estimate of drug-likeness (QED) is 0.825. The molecule has 2 aromatic rings. The number of hydrogen-bond acceptors (Lipinski definition) is 4. The Morgan fingerprint density at radius 2 is 1.73 bits per heavy atom. The molecule has 2 heterocycles. The molecule has 1 atom stereocenters. The average Bonchev–Trinajstić information content (AvgIpc) is 3.18. The Kier molecular flexibility index (Phi) is 6.11. The number of rotatable bonds is 5. The van der Waals surface area contributed by atoms with Crippen LogP contribution in [0, 0.1) is 12.8 Å². The van der Waals surface area contributed by atoms with Gasteiger partial charge in [0.2, 0.25) is 5.91 Å². The van der Waals surface area contributed by atoms with Crippen molar-refractivity contribution in [1.82, 2.24) is 9.80 Å².